The third-order valence-electron chi connectivity index (χ3n) is 4.27. The monoisotopic (exact) mass is 383 g/mol. The van der Waals surface area contributed by atoms with Crippen molar-refractivity contribution in [2.75, 3.05) is 26.2 Å². The highest BCUT2D eigenvalue weighted by atomic mass is 19.4. The summed E-state index contributed by atoms with van der Waals surface area (Å²) >= 11 is 0. The van der Waals surface area contributed by atoms with Crippen LogP contribution in [0, 0.1) is 0 Å². The highest BCUT2D eigenvalue weighted by Crippen LogP contribution is 2.35. The molecule has 1 aromatic heterocycles. The number of rotatable bonds is 7. The van der Waals surface area contributed by atoms with Crippen molar-refractivity contribution in [1.82, 2.24) is 15.2 Å². The Hall–Kier alpha value is -2.55. The van der Waals surface area contributed by atoms with E-state index in [1.807, 2.05) is 0 Å². The fourth-order valence-corrected chi connectivity index (χ4v) is 2.79. The van der Waals surface area contributed by atoms with Crippen molar-refractivity contribution in [1.29, 1.82) is 0 Å². The molecule has 27 heavy (non-hydrogen) atoms. The molecule has 0 saturated heterocycles. The van der Waals surface area contributed by atoms with Crippen LogP contribution in [0.2, 0.25) is 0 Å². The number of H-pyrrole nitrogens is 1. The van der Waals surface area contributed by atoms with E-state index in [1.165, 1.54) is 12.1 Å². The van der Waals surface area contributed by atoms with E-state index in [0.29, 0.717) is 6.54 Å². The SMILES string of the molecule is CCN(CC)CCCNC(N)=NC(=O)c1cc2c(C(F)(F)F)cccc2[nH]1. The molecule has 0 bridgehead atoms. The van der Waals surface area contributed by atoms with Crippen LogP contribution in [0.15, 0.2) is 29.3 Å². The highest BCUT2D eigenvalue weighted by molar-refractivity contribution is 6.04. The van der Waals surface area contributed by atoms with Gasteiger partial charge in [0, 0.05) is 17.4 Å². The number of aliphatic imine (C=N–C) groups is 1. The molecule has 1 amide bonds. The third-order valence-corrected chi connectivity index (χ3v) is 4.27. The Morgan fingerprint density at radius 3 is 2.63 bits per heavy atom. The molecule has 1 heterocycles. The highest BCUT2D eigenvalue weighted by Gasteiger charge is 2.33. The molecule has 2 rings (SSSR count). The lowest BCUT2D eigenvalue weighted by Crippen LogP contribution is -2.35. The predicted octanol–water partition coefficient (Wildman–Crippen LogP) is 2.96. The second kappa shape index (κ2) is 8.90. The van der Waals surface area contributed by atoms with Gasteiger partial charge >= 0.3 is 6.18 Å². The van der Waals surface area contributed by atoms with Crippen molar-refractivity contribution in [3.63, 3.8) is 0 Å². The summed E-state index contributed by atoms with van der Waals surface area (Å²) in [5, 5.41) is 2.77. The molecule has 0 unspecified atom stereocenters. The van der Waals surface area contributed by atoms with Gasteiger partial charge in [0.1, 0.15) is 5.69 Å². The molecule has 0 fully saturated rings. The molecular formula is C18H24F3N5O. The number of carbonyl (C=O) groups is 1. The average Bonchev–Trinajstić information content (AvgIpc) is 3.05. The minimum atomic E-state index is -4.50. The van der Waals surface area contributed by atoms with Gasteiger partial charge in [0.05, 0.1) is 5.56 Å². The molecule has 0 radical (unpaired) electrons. The Morgan fingerprint density at radius 2 is 2.00 bits per heavy atom. The molecule has 148 valence electrons. The zero-order valence-corrected chi connectivity index (χ0v) is 15.4. The summed E-state index contributed by atoms with van der Waals surface area (Å²) in [6.45, 7) is 7.51. The molecule has 0 atom stereocenters. The molecular weight excluding hydrogens is 359 g/mol. The summed E-state index contributed by atoms with van der Waals surface area (Å²) in [5.41, 5.74) is 5.06. The number of halogens is 3. The summed E-state index contributed by atoms with van der Waals surface area (Å²) in [5.74, 6) is -0.790. The predicted molar refractivity (Wildman–Crippen MR) is 99.7 cm³/mol. The van der Waals surface area contributed by atoms with Gasteiger partial charge in [0.2, 0.25) is 0 Å². The van der Waals surface area contributed by atoms with Gasteiger partial charge in [-0.2, -0.15) is 18.2 Å². The summed E-state index contributed by atoms with van der Waals surface area (Å²) in [4.78, 5) is 20.8. The van der Waals surface area contributed by atoms with Gasteiger partial charge in [-0.05, 0) is 44.3 Å². The van der Waals surface area contributed by atoms with Gasteiger partial charge in [-0.25, -0.2) is 0 Å². The molecule has 9 heteroatoms. The van der Waals surface area contributed by atoms with Crippen molar-refractivity contribution in [2.45, 2.75) is 26.4 Å². The van der Waals surface area contributed by atoms with E-state index >= 15 is 0 Å². The van der Waals surface area contributed by atoms with E-state index in [-0.39, 0.29) is 22.6 Å². The standard InChI is InChI=1S/C18H24F3N5O/c1-3-26(4-2)10-6-9-23-17(22)25-16(27)15-11-12-13(18(19,20)21)7-5-8-14(12)24-15/h5,7-8,11,24H,3-4,6,9-10H2,1-2H3,(H3,22,23,25,27). The molecule has 0 spiro atoms. The Labute approximate surface area is 155 Å². The number of fused-ring (bicyclic) bond motifs is 1. The molecule has 2 aromatic rings. The van der Waals surface area contributed by atoms with E-state index in [0.717, 1.165) is 38.2 Å². The van der Waals surface area contributed by atoms with Crippen LogP contribution in [0.4, 0.5) is 13.2 Å². The molecule has 4 N–H and O–H groups in total. The number of hydrogen-bond acceptors (Lipinski definition) is 2. The number of nitrogens with zero attached hydrogens (tertiary/aromatic N) is 2. The molecule has 0 saturated carbocycles. The van der Waals surface area contributed by atoms with Crippen molar-refractivity contribution in [3.8, 4) is 0 Å². The number of aromatic nitrogens is 1. The fraction of sp³-hybridized carbons (Fsp3) is 0.444. The molecule has 1 aromatic carbocycles. The lowest BCUT2D eigenvalue weighted by molar-refractivity contribution is -0.136. The van der Waals surface area contributed by atoms with E-state index in [4.69, 9.17) is 5.73 Å². The fourth-order valence-electron chi connectivity index (χ4n) is 2.79. The summed E-state index contributed by atoms with van der Waals surface area (Å²) in [7, 11) is 0. The van der Waals surface area contributed by atoms with Crippen LogP contribution in [0.3, 0.4) is 0 Å². The Bertz CT molecular complexity index is 809. The first-order chi connectivity index (χ1) is 12.8. The second-order valence-electron chi connectivity index (χ2n) is 6.06. The molecule has 6 nitrogen and oxygen atoms in total. The first kappa shape index (κ1) is 20.8. The maximum absolute atomic E-state index is 13.1. The van der Waals surface area contributed by atoms with Crippen LogP contribution < -0.4 is 11.1 Å². The lowest BCUT2D eigenvalue weighted by atomic mass is 10.1. The number of guanidine groups is 1. The number of benzene rings is 1. The number of alkyl halides is 3. The van der Waals surface area contributed by atoms with Crippen LogP contribution in [-0.2, 0) is 6.18 Å². The van der Waals surface area contributed by atoms with Gasteiger partial charge < -0.3 is 20.9 Å². The van der Waals surface area contributed by atoms with Crippen LogP contribution in [-0.4, -0.2) is 47.9 Å². The Morgan fingerprint density at radius 1 is 1.30 bits per heavy atom. The number of nitrogens with two attached hydrogens (primary N) is 1. The zero-order chi connectivity index (χ0) is 20.0. The Kier molecular flexibility index (Phi) is 6.84. The lowest BCUT2D eigenvalue weighted by Gasteiger charge is -2.17. The molecule has 0 aliphatic heterocycles. The van der Waals surface area contributed by atoms with Crippen LogP contribution in [0.5, 0.6) is 0 Å². The van der Waals surface area contributed by atoms with Crippen molar-refractivity contribution in [3.05, 3.63) is 35.5 Å². The minimum absolute atomic E-state index is 0.0467. The van der Waals surface area contributed by atoms with Crippen LogP contribution >= 0.6 is 0 Å². The maximum Gasteiger partial charge on any atom is 0.417 e. The van der Waals surface area contributed by atoms with Gasteiger partial charge in [-0.15, -0.1) is 0 Å². The van der Waals surface area contributed by atoms with E-state index in [9.17, 15) is 18.0 Å². The van der Waals surface area contributed by atoms with Gasteiger partial charge in [-0.3, -0.25) is 4.79 Å². The summed E-state index contributed by atoms with van der Waals surface area (Å²) in [6, 6.07) is 4.88. The average molecular weight is 383 g/mol. The van der Waals surface area contributed by atoms with E-state index in [1.54, 1.807) is 0 Å². The number of amides is 1. The largest absolute Gasteiger partial charge is 0.417 e. The molecule has 0 aliphatic rings. The molecule has 0 aliphatic carbocycles. The van der Waals surface area contributed by atoms with Gasteiger partial charge in [-0.1, -0.05) is 19.9 Å². The van der Waals surface area contributed by atoms with Gasteiger partial charge in [0.15, 0.2) is 5.96 Å². The number of aromatic amines is 1. The third kappa shape index (κ3) is 5.46. The summed E-state index contributed by atoms with van der Waals surface area (Å²) in [6.07, 6.45) is -3.68. The van der Waals surface area contributed by atoms with Crippen molar-refractivity contribution >= 4 is 22.8 Å². The number of carbonyl (C=O) groups excluding carboxylic acids is 1. The van der Waals surface area contributed by atoms with Crippen molar-refractivity contribution in [2.24, 2.45) is 10.7 Å². The zero-order valence-electron chi connectivity index (χ0n) is 15.4. The number of hydrogen-bond donors (Lipinski definition) is 3. The quantitative estimate of drug-likeness (QED) is 0.390. The second-order valence-corrected chi connectivity index (χ2v) is 6.06. The maximum atomic E-state index is 13.1. The summed E-state index contributed by atoms with van der Waals surface area (Å²) < 4.78 is 39.2. The van der Waals surface area contributed by atoms with E-state index < -0.39 is 17.6 Å². The topological polar surface area (TPSA) is 86.5 Å². The first-order valence-electron chi connectivity index (χ1n) is 8.79. The van der Waals surface area contributed by atoms with Crippen LogP contribution in [0.25, 0.3) is 10.9 Å². The van der Waals surface area contributed by atoms with Gasteiger partial charge in [0.25, 0.3) is 5.91 Å². The minimum Gasteiger partial charge on any atom is -0.370 e. The van der Waals surface area contributed by atoms with Crippen LogP contribution in [0.1, 0.15) is 36.3 Å². The normalized spacial score (nSPS) is 12.7. The van der Waals surface area contributed by atoms with Crippen molar-refractivity contribution < 1.29 is 18.0 Å². The first-order valence-corrected chi connectivity index (χ1v) is 8.79. The Balaban J connectivity index is 2.04. The van der Waals surface area contributed by atoms with E-state index in [2.05, 4.69) is 34.0 Å². The smallest absolute Gasteiger partial charge is 0.370 e. The number of nitrogens with one attached hydrogen (secondary N) is 2.